The van der Waals surface area contributed by atoms with Crippen molar-refractivity contribution in [2.24, 2.45) is 0 Å². The second kappa shape index (κ2) is 10.6. The van der Waals surface area contributed by atoms with Crippen molar-refractivity contribution in [1.82, 2.24) is 4.98 Å². The number of esters is 1. The van der Waals surface area contributed by atoms with Gasteiger partial charge in [0.25, 0.3) is 5.78 Å². The molecule has 2 aliphatic heterocycles. The van der Waals surface area contributed by atoms with Crippen molar-refractivity contribution >= 4 is 39.9 Å². The Hall–Kier alpha value is -4.64. The zero-order valence-electron chi connectivity index (χ0n) is 21.1. The first-order valence-corrected chi connectivity index (χ1v) is 12.8. The summed E-state index contributed by atoms with van der Waals surface area (Å²) in [6.45, 7) is 6.24. The van der Waals surface area contributed by atoms with Gasteiger partial charge in [-0.1, -0.05) is 36.1 Å². The molecule has 2 aliphatic rings. The lowest BCUT2D eigenvalue weighted by atomic mass is 9.95. The summed E-state index contributed by atoms with van der Waals surface area (Å²) < 4.78 is 21.7. The number of fused-ring (bicyclic) bond motifs is 1. The number of Topliss-reactive ketones (excluding diaryl/α,β-unsaturated/α-hetero) is 1. The van der Waals surface area contributed by atoms with Gasteiger partial charge in [-0.3, -0.25) is 14.5 Å². The van der Waals surface area contributed by atoms with Crippen LogP contribution in [0.2, 0.25) is 0 Å². The number of carbonyl (C=O) groups is 3. The number of hydrogen-bond donors (Lipinski definition) is 1. The lowest BCUT2D eigenvalue weighted by Crippen LogP contribution is -2.29. The Morgan fingerprint density at radius 3 is 2.72 bits per heavy atom. The molecule has 1 atom stereocenters. The van der Waals surface area contributed by atoms with Gasteiger partial charge in [0.05, 0.1) is 24.4 Å². The summed E-state index contributed by atoms with van der Waals surface area (Å²) in [5.41, 5.74) is 0.955. The number of aromatic nitrogens is 1. The van der Waals surface area contributed by atoms with E-state index < -0.39 is 29.5 Å². The molecule has 3 heterocycles. The number of anilines is 1. The molecule has 0 bridgehead atoms. The number of ketones is 1. The molecule has 1 unspecified atom stereocenters. The molecule has 1 N–H and O–H groups in total. The van der Waals surface area contributed by atoms with Crippen LogP contribution >= 0.6 is 11.3 Å². The molecule has 5 rings (SSSR count). The maximum atomic E-state index is 13.5. The number of thiazole rings is 1. The Balaban J connectivity index is 1.68. The standard InChI is InChI=1S/C28H24N2O8S/c1-4-10-36-18-7-5-6-16(13-18)22-21(23(31)17-8-9-19-20(14-17)38-12-11-37-19)24(32)26(33)30(22)28-29-15(2)25(39-28)27(34)35-3/h4-9,13-14,22,31H,1,10-12H2,2-3H3/b23-21-. The number of nitrogens with zero attached hydrogens (tertiary/aromatic N) is 2. The van der Waals surface area contributed by atoms with Crippen molar-refractivity contribution in [1.29, 1.82) is 0 Å². The van der Waals surface area contributed by atoms with Gasteiger partial charge in [-0.2, -0.15) is 0 Å². The van der Waals surface area contributed by atoms with E-state index in [2.05, 4.69) is 11.6 Å². The van der Waals surface area contributed by atoms with E-state index in [1.54, 1.807) is 55.5 Å². The summed E-state index contributed by atoms with van der Waals surface area (Å²) in [5.74, 6) is -1.41. The fraction of sp³-hybridized carbons (Fsp3) is 0.214. The molecular weight excluding hydrogens is 524 g/mol. The molecule has 2 aromatic carbocycles. The monoisotopic (exact) mass is 548 g/mol. The number of rotatable bonds is 7. The van der Waals surface area contributed by atoms with Crippen molar-refractivity contribution in [3.05, 3.63) is 82.4 Å². The average molecular weight is 549 g/mol. The third kappa shape index (κ3) is 4.72. The SMILES string of the molecule is C=CCOc1cccc(C2/C(=C(/O)c3ccc4c(c3)OCCO4)C(=O)C(=O)N2c2nc(C)c(C(=O)OC)s2)c1. The van der Waals surface area contributed by atoms with Crippen LogP contribution in [-0.4, -0.2) is 54.7 Å². The van der Waals surface area contributed by atoms with Gasteiger partial charge in [0, 0.05) is 5.56 Å². The quantitative estimate of drug-likeness (QED) is 0.152. The van der Waals surface area contributed by atoms with Crippen LogP contribution in [0.3, 0.4) is 0 Å². The zero-order valence-corrected chi connectivity index (χ0v) is 21.9. The third-order valence-electron chi connectivity index (χ3n) is 6.16. The van der Waals surface area contributed by atoms with Crippen molar-refractivity contribution in [2.75, 3.05) is 31.8 Å². The Morgan fingerprint density at radius 2 is 1.97 bits per heavy atom. The maximum absolute atomic E-state index is 13.5. The number of ether oxygens (including phenoxy) is 4. The number of hydrogen-bond acceptors (Lipinski definition) is 10. The van der Waals surface area contributed by atoms with Gasteiger partial charge >= 0.3 is 11.9 Å². The highest BCUT2D eigenvalue weighted by molar-refractivity contribution is 7.17. The highest BCUT2D eigenvalue weighted by Crippen LogP contribution is 2.45. The number of aliphatic hydroxyl groups excluding tert-OH is 1. The fourth-order valence-electron chi connectivity index (χ4n) is 4.39. The molecule has 10 nitrogen and oxygen atoms in total. The lowest BCUT2D eigenvalue weighted by molar-refractivity contribution is -0.132. The van der Waals surface area contributed by atoms with Crippen LogP contribution in [-0.2, 0) is 14.3 Å². The molecule has 11 heteroatoms. The number of amides is 1. The minimum atomic E-state index is -1.07. The number of carbonyl (C=O) groups excluding carboxylic acids is 3. The van der Waals surface area contributed by atoms with Gasteiger partial charge in [-0.15, -0.1) is 0 Å². The van der Waals surface area contributed by atoms with Crippen molar-refractivity contribution in [2.45, 2.75) is 13.0 Å². The van der Waals surface area contributed by atoms with Gasteiger partial charge in [-0.25, -0.2) is 9.78 Å². The lowest BCUT2D eigenvalue weighted by Gasteiger charge is -2.23. The number of methoxy groups -OCH3 is 1. The van der Waals surface area contributed by atoms with E-state index in [0.29, 0.717) is 41.7 Å². The Kier molecular flexibility index (Phi) is 7.07. The molecule has 1 aromatic heterocycles. The minimum absolute atomic E-state index is 0.110. The Morgan fingerprint density at radius 1 is 1.21 bits per heavy atom. The van der Waals surface area contributed by atoms with Gasteiger partial charge in [-0.05, 0) is 42.8 Å². The van der Waals surface area contributed by atoms with Gasteiger partial charge in [0.15, 0.2) is 16.6 Å². The van der Waals surface area contributed by atoms with E-state index in [1.165, 1.54) is 12.0 Å². The van der Waals surface area contributed by atoms with E-state index in [9.17, 15) is 19.5 Å². The smallest absolute Gasteiger partial charge is 0.350 e. The molecular formula is C28H24N2O8S. The molecule has 1 amide bonds. The van der Waals surface area contributed by atoms with Gasteiger partial charge < -0.3 is 24.1 Å². The summed E-state index contributed by atoms with van der Waals surface area (Å²) in [5, 5.41) is 11.6. The minimum Gasteiger partial charge on any atom is -0.507 e. The van der Waals surface area contributed by atoms with Crippen LogP contribution in [0.5, 0.6) is 17.2 Å². The van der Waals surface area contributed by atoms with Crippen molar-refractivity contribution < 1.29 is 38.4 Å². The zero-order chi connectivity index (χ0) is 27.7. The van der Waals surface area contributed by atoms with Crippen LogP contribution in [0.1, 0.15) is 32.5 Å². The Bertz CT molecular complexity index is 1530. The van der Waals surface area contributed by atoms with E-state index in [4.69, 9.17) is 18.9 Å². The van der Waals surface area contributed by atoms with E-state index in [0.717, 1.165) is 11.3 Å². The number of aryl methyl sites for hydroxylation is 1. The van der Waals surface area contributed by atoms with Gasteiger partial charge in [0.1, 0.15) is 36.2 Å². The molecule has 0 aliphatic carbocycles. The number of benzene rings is 2. The molecule has 1 saturated heterocycles. The summed E-state index contributed by atoms with van der Waals surface area (Å²) in [7, 11) is 1.25. The molecule has 39 heavy (non-hydrogen) atoms. The van der Waals surface area contributed by atoms with Gasteiger partial charge in [0.2, 0.25) is 0 Å². The highest BCUT2D eigenvalue weighted by atomic mass is 32.1. The summed E-state index contributed by atoms with van der Waals surface area (Å²) >= 11 is 0.922. The summed E-state index contributed by atoms with van der Waals surface area (Å²) in [4.78, 5) is 45.0. The first kappa shape index (κ1) is 26.0. The Labute approximate surface area is 227 Å². The molecule has 3 aromatic rings. The first-order chi connectivity index (χ1) is 18.8. The molecule has 0 radical (unpaired) electrons. The predicted octanol–water partition coefficient (Wildman–Crippen LogP) is 4.20. The molecule has 0 saturated carbocycles. The average Bonchev–Trinajstić information content (AvgIpc) is 3.47. The van der Waals surface area contributed by atoms with Crippen molar-refractivity contribution in [3.8, 4) is 17.2 Å². The van der Waals surface area contributed by atoms with E-state index >= 15 is 0 Å². The molecule has 1 fully saturated rings. The van der Waals surface area contributed by atoms with Crippen LogP contribution < -0.4 is 19.1 Å². The second-order valence-electron chi connectivity index (χ2n) is 8.60. The fourth-order valence-corrected chi connectivity index (χ4v) is 5.40. The van der Waals surface area contributed by atoms with Crippen LogP contribution in [0, 0.1) is 6.92 Å². The van der Waals surface area contributed by atoms with E-state index in [-0.39, 0.29) is 27.8 Å². The normalized spacial score (nSPS) is 17.7. The van der Waals surface area contributed by atoms with E-state index in [1.807, 2.05) is 0 Å². The summed E-state index contributed by atoms with van der Waals surface area (Å²) in [6, 6.07) is 10.5. The molecule has 0 spiro atoms. The van der Waals surface area contributed by atoms with Crippen LogP contribution in [0.25, 0.3) is 5.76 Å². The van der Waals surface area contributed by atoms with Crippen LogP contribution in [0.4, 0.5) is 5.13 Å². The largest absolute Gasteiger partial charge is 0.507 e. The summed E-state index contributed by atoms with van der Waals surface area (Å²) in [6.07, 6.45) is 1.59. The maximum Gasteiger partial charge on any atom is 0.350 e. The van der Waals surface area contributed by atoms with Crippen LogP contribution in [0.15, 0.2) is 60.7 Å². The highest BCUT2D eigenvalue weighted by Gasteiger charge is 2.48. The predicted molar refractivity (Wildman–Crippen MR) is 143 cm³/mol. The first-order valence-electron chi connectivity index (χ1n) is 11.9. The second-order valence-corrected chi connectivity index (χ2v) is 9.58. The topological polar surface area (TPSA) is 124 Å². The molecule has 200 valence electrons. The van der Waals surface area contributed by atoms with Crippen molar-refractivity contribution in [3.63, 3.8) is 0 Å². The third-order valence-corrected chi connectivity index (χ3v) is 7.30. The number of aliphatic hydroxyl groups is 1.